The van der Waals surface area contributed by atoms with Gasteiger partial charge in [-0.25, -0.2) is 0 Å². The first-order chi connectivity index (χ1) is 6.81. The van der Waals surface area contributed by atoms with Crippen LogP contribution in [-0.4, -0.2) is 11.1 Å². The summed E-state index contributed by atoms with van der Waals surface area (Å²) in [6.07, 6.45) is 0.714. The van der Waals surface area contributed by atoms with E-state index in [1.54, 1.807) is 6.26 Å². The Labute approximate surface area is 102 Å². The van der Waals surface area contributed by atoms with Gasteiger partial charge in [0.25, 0.3) is 0 Å². The Hall–Kier alpha value is -0.160. The summed E-state index contributed by atoms with van der Waals surface area (Å²) in [7, 11) is 0. The first kappa shape index (κ1) is 11.3. The summed E-state index contributed by atoms with van der Waals surface area (Å²) in [5, 5.41) is 0. The second-order valence-electron chi connectivity index (χ2n) is 4.08. The van der Waals surface area contributed by atoms with Crippen molar-refractivity contribution in [2.24, 2.45) is 0 Å². The lowest BCUT2D eigenvalue weighted by Crippen LogP contribution is -2.12. The molecule has 0 aliphatic carbocycles. The number of halogens is 2. The molecule has 0 unspecified atom stereocenters. The van der Waals surface area contributed by atoms with Crippen LogP contribution in [0.15, 0.2) is 29.2 Å². The highest BCUT2D eigenvalue weighted by molar-refractivity contribution is 14.2. The molecule has 3 heteroatoms. The maximum absolute atomic E-state index is 15.0. The normalized spacial score (nSPS) is 24.7. The average molecular weight is 336 g/mol. The van der Waals surface area contributed by atoms with Gasteiger partial charge in [-0.2, -0.15) is 3.89 Å². The molecule has 0 spiro atoms. The molecule has 1 heterocycles. The molecule has 1 aliphatic rings. The van der Waals surface area contributed by atoms with E-state index >= 15 is 3.89 Å². The van der Waals surface area contributed by atoms with E-state index in [9.17, 15) is 0 Å². The standard InChI is InChI=1S/C12H14FIS/c1-9-8-11-6-4-5-7-12(11)10(2)15(9,3,13)14/h4-8H,1-3H3. The topological polar surface area (TPSA) is 0 Å². The summed E-state index contributed by atoms with van der Waals surface area (Å²) < 4.78 is 15.0. The summed E-state index contributed by atoms with van der Waals surface area (Å²) >= 11 is 2.01. The molecule has 2 rings (SSSR count). The van der Waals surface area contributed by atoms with Crippen molar-refractivity contribution in [3.8, 4) is 0 Å². The van der Waals surface area contributed by atoms with Gasteiger partial charge in [-0.05, 0) is 48.5 Å². The van der Waals surface area contributed by atoms with E-state index in [1.165, 1.54) is 0 Å². The number of allylic oxidation sites excluding steroid dienone is 1. The summed E-state index contributed by atoms with van der Waals surface area (Å²) in [6.45, 7) is 3.82. The van der Waals surface area contributed by atoms with Crippen molar-refractivity contribution in [3.05, 3.63) is 40.3 Å². The van der Waals surface area contributed by atoms with Crippen LogP contribution >= 0.6 is 27.5 Å². The highest BCUT2D eigenvalue weighted by atomic mass is 127. The third-order valence-electron chi connectivity index (χ3n) is 3.12. The van der Waals surface area contributed by atoms with Gasteiger partial charge in [0.2, 0.25) is 0 Å². The van der Waals surface area contributed by atoms with Crippen LogP contribution in [-0.2, 0) is 0 Å². The lowest BCUT2D eigenvalue weighted by Gasteiger charge is -2.38. The lowest BCUT2D eigenvalue weighted by molar-refractivity contribution is 0.920. The molecule has 0 saturated heterocycles. The Morgan fingerprint density at radius 2 is 1.80 bits per heavy atom. The molecule has 0 amide bonds. The Kier molecular flexibility index (Phi) is 2.39. The Morgan fingerprint density at radius 1 is 1.20 bits per heavy atom. The number of hydrogen-bond donors (Lipinski definition) is 0. The zero-order valence-corrected chi connectivity index (χ0v) is 12.0. The third kappa shape index (κ3) is 1.60. The van der Waals surface area contributed by atoms with Crippen LogP contribution < -0.4 is 0 Å². The van der Waals surface area contributed by atoms with Gasteiger partial charge in [0, 0.05) is 26.1 Å². The van der Waals surface area contributed by atoms with E-state index in [0.717, 1.165) is 20.9 Å². The average Bonchev–Trinajstić information content (AvgIpc) is 2.15. The second-order valence-corrected chi connectivity index (χ2v) is 14.0. The lowest BCUT2D eigenvalue weighted by atomic mass is 10.0. The van der Waals surface area contributed by atoms with Gasteiger partial charge < -0.3 is 0 Å². The predicted molar refractivity (Wildman–Crippen MR) is 78.5 cm³/mol. The van der Waals surface area contributed by atoms with Crippen LogP contribution in [0.2, 0.25) is 0 Å². The van der Waals surface area contributed by atoms with Gasteiger partial charge in [0.1, 0.15) is 0 Å². The maximum Gasteiger partial charge on any atom is 0.00419 e. The third-order valence-corrected chi connectivity index (χ3v) is 10.4. The van der Waals surface area contributed by atoms with Crippen molar-refractivity contribution < 1.29 is 3.89 Å². The van der Waals surface area contributed by atoms with E-state index in [2.05, 4.69) is 0 Å². The Bertz CT molecular complexity index is 523. The molecule has 0 nitrogen and oxygen atoms in total. The molecule has 0 N–H and O–H groups in total. The fourth-order valence-electron chi connectivity index (χ4n) is 1.78. The van der Waals surface area contributed by atoms with Gasteiger partial charge >= 0.3 is 0 Å². The first-order valence-electron chi connectivity index (χ1n) is 4.78. The highest BCUT2D eigenvalue weighted by Gasteiger charge is 2.32. The molecule has 0 radical (unpaired) electrons. The van der Waals surface area contributed by atoms with E-state index in [0.29, 0.717) is 0 Å². The molecule has 82 valence electrons. The van der Waals surface area contributed by atoms with Crippen LogP contribution in [0.3, 0.4) is 0 Å². The van der Waals surface area contributed by atoms with Crippen molar-refractivity contribution >= 4 is 38.5 Å². The molecule has 1 aromatic rings. The van der Waals surface area contributed by atoms with Crippen molar-refractivity contribution in [1.82, 2.24) is 0 Å². The molecule has 0 aromatic heterocycles. The van der Waals surface area contributed by atoms with Crippen molar-refractivity contribution in [1.29, 1.82) is 0 Å². The summed E-state index contributed by atoms with van der Waals surface area (Å²) in [5.41, 5.74) is 2.20. The van der Waals surface area contributed by atoms with E-state index in [-0.39, 0.29) is 0 Å². The molecular formula is C12H14FIS. The van der Waals surface area contributed by atoms with Crippen LogP contribution in [0.1, 0.15) is 25.0 Å². The molecule has 0 atom stereocenters. The van der Waals surface area contributed by atoms with Crippen molar-refractivity contribution in [2.45, 2.75) is 13.8 Å². The maximum atomic E-state index is 15.0. The van der Waals surface area contributed by atoms with Gasteiger partial charge in [0.15, 0.2) is 0 Å². The monoisotopic (exact) mass is 336 g/mol. The number of benzene rings is 1. The minimum absolute atomic E-state index is 0.865. The van der Waals surface area contributed by atoms with E-state index in [1.807, 2.05) is 65.4 Å². The Balaban J connectivity index is 2.92. The summed E-state index contributed by atoms with van der Waals surface area (Å²) in [6, 6.07) is 8.01. The number of rotatable bonds is 0. The minimum atomic E-state index is -3.01. The molecule has 0 fully saturated rings. The highest BCUT2D eigenvalue weighted by Crippen LogP contribution is 2.74. The molecular weight excluding hydrogens is 322 g/mol. The summed E-state index contributed by atoms with van der Waals surface area (Å²) in [4.78, 5) is 1.76. The van der Waals surface area contributed by atoms with Gasteiger partial charge in [-0.15, -0.1) is 0 Å². The van der Waals surface area contributed by atoms with Gasteiger partial charge in [-0.3, -0.25) is 0 Å². The van der Waals surface area contributed by atoms with Crippen LogP contribution in [0.5, 0.6) is 0 Å². The van der Waals surface area contributed by atoms with E-state index < -0.39 is 6.31 Å². The fraction of sp³-hybridized carbons (Fsp3) is 0.250. The first-order valence-corrected chi connectivity index (χ1v) is 9.67. The van der Waals surface area contributed by atoms with Gasteiger partial charge in [0.05, 0.1) is 0 Å². The number of hydrogen-bond acceptors (Lipinski definition) is 0. The van der Waals surface area contributed by atoms with Crippen LogP contribution in [0.4, 0.5) is 3.89 Å². The molecule has 0 bridgehead atoms. The smallest absolute Gasteiger partial charge is 0.00419 e. The summed E-state index contributed by atoms with van der Waals surface area (Å²) in [5.74, 6) is 0. The molecule has 1 aliphatic heterocycles. The largest absolute Gasteiger partial charge is 0.182 e. The van der Waals surface area contributed by atoms with Crippen LogP contribution in [0, 0.1) is 0 Å². The second kappa shape index (κ2) is 3.17. The molecule has 0 saturated carbocycles. The SMILES string of the molecule is CC1=Cc2ccccc2C(C)=S1(C)(F)I. The predicted octanol–water partition coefficient (Wildman–Crippen LogP) is 4.81. The van der Waals surface area contributed by atoms with Gasteiger partial charge in [-0.1, -0.05) is 24.3 Å². The van der Waals surface area contributed by atoms with Crippen molar-refractivity contribution in [2.75, 3.05) is 6.26 Å². The Morgan fingerprint density at radius 3 is 2.47 bits per heavy atom. The zero-order chi connectivity index (χ0) is 11.3. The quantitative estimate of drug-likeness (QED) is 0.471. The van der Waals surface area contributed by atoms with Crippen LogP contribution in [0.25, 0.3) is 6.08 Å². The minimum Gasteiger partial charge on any atom is -0.182 e. The molecule has 15 heavy (non-hydrogen) atoms. The molecule has 1 aromatic carbocycles. The number of fused-ring (bicyclic) bond motifs is 1. The zero-order valence-electron chi connectivity index (χ0n) is 9.05. The van der Waals surface area contributed by atoms with Crippen molar-refractivity contribution in [3.63, 3.8) is 0 Å². The fourth-order valence-corrected chi connectivity index (χ4v) is 4.44. The van der Waals surface area contributed by atoms with E-state index in [4.69, 9.17) is 0 Å².